The fourth-order valence-electron chi connectivity index (χ4n) is 3.61. The number of carbonyl (C=O) groups excluding carboxylic acids is 1. The average molecular weight is 344 g/mol. The summed E-state index contributed by atoms with van der Waals surface area (Å²) in [6, 6.07) is 5.66. The lowest BCUT2D eigenvalue weighted by Crippen LogP contribution is -2.50. The van der Waals surface area contributed by atoms with Crippen molar-refractivity contribution in [1.29, 1.82) is 0 Å². The Morgan fingerprint density at radius 2 is 2.42 bits per heavy atom. The molecule has 0 bridgehead atoms. The molecule has 1 spiro atoms. The van der Waals surface area contributed by atoms with Gasteiger partial charge in [0, 0.05) is 24.5 Å². The van der Waals surface area contributed by atoms with Gasteiger partial charge in [0.2, 0.25) is 0 Å². The van der Waals surface area contributed by atoms with E-state index in [1.54, 1.807) is 23.7 Å². The molecule has 0 aromatic carbocycles. The fourth-order valence-corrected chi connectivity index (χ4v) is 4.24. The molecule has 2 saturated heterocycles. The molecule has 0 saturated carbocycles. The maximum Gasteiger partial charge on any atom is 0.254 e. The molecule has 2 aliphatic rings. The van der Waals surface area contributed by atoms with E-state index < -0.39 is 0 Å². The van der Waals surface area contributed by atoms with Crippen molar-refractivity contribution in [3.05, 3.63) is 46.9 Å². The number of amides is 1. The number of aromatic nitrogens is 1. The van der Waals surface area contributed by atoms with Gasteiger partial charge >= 0.3 is 0 Å². The molecule has 126 valence electrons. The SMILES string of the molecule is O=C(c1ccsc1)N1CCC[C@]2(C[C@H](Oc3cccnc3)CO2)C1. The first-order valence-corrected chi connectivity index (χ1v) is 9.21. The van der Waals surface area contributed by atoms with E-state index in [0.29, 0.717) is 13.2 Å². The third-order valence-corrected chi connectivity index (χ3v) is 5.39. The van der Waals surface area contributed by atoms with Gasteiger partial charge < -0.3 is 14.4 Å². The molecule has 2 atom stereocenters. The van der Waals surface area contributed by atoms with Crippen molar-refractivity contribution >= 4 is 17.2 Å². The van der Waals surface area contributed by atoms with Gasteiger partial charge in [0.15, 0.2) is 0 Å². The van der Waals surface area contributed by atoms with Gasteiger partial charge in [-0.2, -0.15) is 11.3 Å². The summed E-state index contributed by atoms with van der Waals surface area (Å²) in [7, 11) is 0. The molecule has 0 radical (unpaired) electrons. The first kappa shape index (κ1) is 15.6. The van der Waals surface area contributed by atoms with Crippen LogP contribution in [0.5, 0.6) is 5.75 Å². The molecule has 24 heavy (non-hydrogen) atoms. The Balaban J connectivity index is 1.41. The molecule has 0 aliphatic carbocycles. The van der Waals surface area contributed by atoms with Crippen molar-refractivity contribution in [2.45, 2.75) is 31.0 Å². The highest BCUT2D eigenvalue weighted by Gasteiger charge is 2.45. The first-order valence-electron chi connectivity index (χ1n) is 8.26. The van der Waals surface area contributed by atoms with Gasteiger partial charge in [-0.05, 0) is 36.4 Å². The minimum Gasteiger partial charge on any atom is -0.486 e. The van der Waals surface area contributed by atoms with E-state index in [2.05, 4.69) is 4.98 Å². The third-order valence-electron chi connectivity index (χ3n) is 4.71. The third kappa shape index (κ3) is 3.16. The molecule has 2 aromatic heterocycles. The van der Waals surface area contributed by atoms with Gasteiger partial charge in [-0.1, -0.05) is 0 Å². The Hall–Kier alpha value is -1.92. The van der Waals surface area contributed by atoms with Gasteiger partial charge in [0.1, 0.15) is 11.9 Å². The number of piperidine rings is 1. The predicted molar refractivity (Wildman–Crippen MR) is 91.4 cm³/mol. The molecule has 2 fully saturated rings. The van der Waals surface area contributed by atoms with E-state index in [-0.39, 0.29) is 17.6 Å². The standard InChI is InChI=1S/C18H20N2O3S/c21-17(14-4-8-24-12-14)20-7-2-5-18(13-20)9-16(11-22-18)23-15-3-1-6-19-10-15/h1,3-4,6,8,10,12,16H,2,5,7,9,11,13H2/t16-,18-/m0/s1. The normalized spacial score (nSPS) is 26.7. The predicted octanol–water partition coefficient (Wildman–Crippen LogP) is 2.99. The highest BCUT2D eigenvalue weighted by atomic mass is 32.1. The largest absolute Gasteiger partial charge is 0.486 e. The summed E-state index contributed by atoms with van der Waals surface area (Å²) < 4.78 is 12.1. The highest BCUT2D eigenvalue weighted by Crippen LogP contribution is 2.36. The fraction of sp³-hybridized carbons (Fsp3) is 0.444. The van der Waals surface area contributed by atoms with Crippen LogP contribution in [-0.2, 0) is 4.74 Å². The number of hydrogen-bond donors (Lipinski definition) is 0. The van der Waals surface area contributed by atoms with Gasteiger partial charge in [-0.15, -0.1) is 0 Å². The topological polar surface area (TPSA) is 51.7 Å². The Bertz CT molecular complexity index is 692. The van der Waals surface area contributed by atoms with E-state index in [1.165, 1.54) is 0 Å². The lowest BCUT2D eigenvalue weighted by molar-refractivity contribution is -0.0453. The number of ether oxygens (including phenoxy) is 2. The maximum absolute atomic E-state index is 12.6. The summed E-state index contributed by atoms with van der Waals surface area (Å²) in [5.74, 6) is 0.876. The van der Waals surface area contributed by atoms with Crippen molar-refractivity contribution in [3.8, 4) is 5.75 Å². The van der Waals surface area contributed by atoms with Crippen LogP contribution in [0.2, 0.25) is 0 Å². The Labute approximate surface area is 145 Å². The Morgan fingerprint density at radius 1 is 1.46 bits per heavy atom. The monoisotopic (exact) mass is 344 g/mol. The van der Waals surface area contributed by atoms with Crippen molar-refractivity contribution in [1.82, 2.24) is 9.88 Å². The number of pyridine rings is 1. The van der Waals surface area contributed by atoms with Crippen LogP contribution in [0.1, 0.15) is 29.6 Å². The van der Waals surface area contributed by atoms with Crippen molar-refractivity contribution in [2.24, 2.45) is 0 Å². The molecule has 4 heterocycles. The van der Waals surface area contributed by atoms with E-state index in [1.807, 2.05) is 33.9 Å². The summed E-state index contributed by atoms with van der Waals surface area (Å²) in [4.78, 5) is 18.6. The molecular weight excluding hydrogens is 324 g/mol. The van der Waals surface area contributed by atoms with Crippen LogP contribution < -0.4 is 4.74 Å². The first-order chi connectivity index (χ1) is 11.7. The highest BCUT2D eigenvalue weighted by molar-refractivity contribution is 7.08. The summed E-state index contributed by atoms with van der Waals surface area (Å²) in [6.45, 7) is 2.01. The smallest absolute Gasteiger partial charge is 0.254 e. The van der Waals surface area contributed by atoms with Gasteiger partial charge in [-0.25, -0.2) is 0 Å². The summed E-state index contributed by atoms with van der Waals surface area (Å²) >= 11 is 1.55. The molecule has 0 N–H and O–H groups in total. The zero-order valence-corrected chi connectivity index (χ0v) is 14.2. The number of carbonyl (C=O) groups is 1. The number of thiophene rings is 1. The van der Waals surface area contributed by atoms with Crippen LogP contribution in [0.3, 0.4) is 0 Å². The van der Waals surface area contributed by atoms with Crippen LogP contribution in [0.15, 0.2) is 41.4 Å². The number of likely N-dealkylation sites (tertiary alicyclic amines) is 1. The van der Waals surface area contributed by atoms with Gasteiger partial charge in [0.05, 0.1) is 30.5 Å². The minimum atomic E-state index is -0.267. The summed E-state index contributed by atoms with van der Waals surface area (Å²) in [5, 5.41) is 3.85. The quantitative estimate of drug-likeness (QED) is 0.859. The second-order valence-electron chi connectivity index (χ2n) is 6.47. The van der Waals surface area contributed by atoms with Gasteiger partial charge in [-0.3, -0.25) is 9.78 Å². The van der Waals surface area contributed by atoms with Crippen molar-refractivity contribution in [2.75, 3.05) is 19.7 Å². The van der Waals surface area contributed by atoms with E-state index in [9.17, 15) is 4.79 Å². The summed E-state index contributed by atoms with van der Waals surface area (Å²) in [6.07, 6.45) is 6.23. The molecule has 5 nitrogen and oxygen atoms in total. The molecule has 0 unspecified atom stereocenters. The maximum atomic E-state index is 12.6. The van der Waals surface area contributed by atoms with Crippen LogP contribution >= 0.6 is 11.3 Å². The van der Waals surface area contributed by atoms with Gasteiger partial charge in [0.25, 0.3) is 5.91 Å². The second-order valence-corrected chi connectivity index (χ2v) is 7.25. The van der Waals surface area contributed by atoms with Crippen LogP contribution in [0.25, 0.3) is 0 Å². The number of rotatable bonds is 3. The van der Waals surface area contributed by atoms with Crippen LogP contribution in [0, 0.1) is 0 Å². The van der Waals surface area contributed by atoms with Crippen LogP contribution in [0.4, 0.5) is 0 Å². The van der Waals surface area contributed by atoms with E-state index in [0.717, 1.165) is 37.1 Å². The molecule has 4 rings (SSSR count). The zero-order valence-electron chi connectivity index (χ0n) is 13.4. The molecular formula is C18H20N2O3S. The molecule has 6 heteroatoms. The number of nitrogens with zero attached hydrogens (tertiary/aromatic N) is 2. The lowest BCUT2D eigenvalue weighted by atomic mass is 9.89. The Kier molecular flexibility index (Phi) is 4.24. The number of hydrogen-bond acceptors (Lipinski definition) is 5. The minimum absolute atomic E-state index is 0.0189. The van der Waals surface area contributed by atoms with Crippen LogP contribution in [-0.4, -0.2) is 47.2 Å². The summed E-state index contributed by atoms with van der Waals surface area (Å²) in [5.41, 5.74) is 0.509. The van der Waals surface area contributed by atoms with Crippen molar-refractivity contribution < 1.29 is 14.3 Å². The van der Waals surface area contributed by atoms with E-state index >= 15 is 0 Å². The Morgan fingerprint density at radius 3 is 3.21 bits per heavy atom. The zero-order chi connectivity index (χ0) is 16.4. The molecule has 2 aliphatic heterocycles. The van der Waals surface area contributed by atoms with Crippen molar-refractivity contribution in [3.63, 3.8) is 0 Å². The average Bonchev–Trinajstić information content (AvgIpc) is 3.26. The molecule has 2 aromatic rings. The van der Waals surface area contributed by atoms with E-state index in [4.69, 9.17) is 9.47 Å². The second kappa shape index (κ2) is 6.53. The molecule has 1 amide bonds. The lowest BCUT2D eigenvalue weighted by Gasteiger charge is -2.39.